The van der Waals surface area contributed by atoms with Gasteiger partial charge in [0.25, 0.3) is 0 Å². The summed E-state index contributed by atoms with van der Waals surface area (Å²) in [5.74, 6) is 2.36. The minimum atomic E-state index is 0. The topological polar surface area (TPSA) is 114 Å². The van der Waals surface area contributed by atoms with Crippen molar-refractivity contribution in [2.24, 2.45) is 11.7 Å². The number of amides is 1. The van der Waals surface area contributed by atoms with E-state index in [1.807, 2.05) is 12.4 Å². The second kappa shape index (κ2) is 13.3. The first-order valence-corrected chi connectivity index (χ1v) is 15.5. The largest absolute Gasteiger partial charge is 0.365 e. The zero-order valence-corrected chi connectivity index (χ0v) is 25.8. The molecule has 3 saturated carbocycles. The molecule has 7 rings (SSSR count). The standard InChI is InChI=1S/C31H42N8O.2ClH/c32-21-10-12-22(13-11-21)35-31-36-28(27-29(37-31)39(19-33-27)24-8-4-5-9-24)34-23-14-16-38(17-15-23)30(40)26-18-25(26)20-6-2-1-3-7-20;;/h1-3,6-7,19,21-26H,4-5,8-18,32H2,(H2,34,35,36,37);2*1H/t21?,22?,25-,26+;;/m1../s1. The van der Waals surface area contributed by atoms with E-state index in [9.17, 15) is 4.79 Å². The van der Waals surface area contributed by atoms with Crippen LogP contribution in [0.15, 0.2) is 36.7 Å². The maximum atomic E-state index is 13.2. The van der Waals surface area contributed by atoms with Gasteiger partial charge in [-0.2, -0.15) is 9.97 Å². The predicted octanol–water partition coefficient (Wildman–Crippen LogP) is 5.67. The number of carbonyl (C=O) groups is 1. The molecule has 3 aliphatic carbocycles. The molecule has 4 aliphatic rings. The lowest BCUT2D eigenvalue weighted by molar-refractivity contribution is -0.133. The predicted molar refractivity (Wildman–Crippen MR) is 172 cm³/mol. The number of likely N-dealkylation sites (tertiary alicyclic amines) is 1. The Labute approximate surface area is 260 Å². The highest BCUT2D eigenvalue weighted by Crippen LogP contribution is 2.48. The van der Waals surface area contributed by atoms with Crippen molar-refractivity contribution in [1.29, 1.82) is 0 Å². The van der Waals surface area contributed by atoms with Gasteiger partial charge in [0.15, 0.2) is 17.0 Å². The average Bonchev–Trinajstić information content (AvgIpc) is 3.37. The Morgan fingerprint density at radius 2 is 1.55 bits per heavy atom. The van der Waals surface area contributed by atoms with Crippen molar-refractivity contribution >= 4 is 53.7 Å². The van der Waals surface area contributed by atoms with Gasteiger partial charge in [0.1, 0.15) is 0 Å². The molecule has 0 radical (unpaired) electrons. The summed E-state index contributed by atoms with van der Waals surface area (Å²) in [4.78, 5) is 30.1. The van der Waals surface area contributed by atoms with E-state index in [0.717, 1.165) is 75.0 Å². The molecule has 2 atom stereocenters. The van der Waals surface area contributed by atoms with E-state index in [1.165, 1.54) is 31.2 Å². The van der Waals surface area contributed by atoms with Crippen molar-refractivity contribution in [1.82, 2.24) is 24.4 Å². The van der Waals surface area contributed by atoms with Crippen molar-refractivity contribution in [2.45, 2.75) is 101 Å². The molecule has 1 aromatic carbocycles. The van der Waals surface area contributed by atoms with Gasteiger partial charge in [-0.05, 0) is 69.3 Å². The fraction of sp³-hybridized carbons (Fsp3) is 0.613. The van der Waals surface area contributed by atoms with Crippen molar-refractivity contribution in [3.05, 3.63) is 42.2 Å². The Morgan fingerprint density at radius 3 is 2.26 bits per heavy atom. The van der Waals surface area contributed by atoms with E-state index in [2.05, 4.69) is 44.4 Å². The molecule has 2 aromatic heterocycles. The van der Waals surface area contributed by atoms with Crippen LogP contribution in [-0.2, 0) is 4.79 Å². The maximum Gasteiger partial charge on any atom is 0.227 e. The van der Waals surface area contributed by atoms with Gasteiger partial charge in [-0.15, -0.1) is 24.8 Å². The van der Waals surface area contributed by atoms with Gasteiger partial charge in [-0.1, -0.05) is 43.2 Å². The van der Waals surface area contributed by atoms with Gasteiger partial charge in [0, 0.05) is 43.2 Å². The third kappa shape index (κ3) is 6.48. The summed E-state index contributed by atoms with van der Waals surface area (Å²) < 4.78 is 2.28. The van der Waals surface area contributed by atoms with E-state index < -0.39 is 0 Å². The lowest BCUT2D eigenvalue weighted by Crippen LogP contribution is -2.43. The molecule has 42 heavy (non-hydrogen) atoms. The van der Waals surface area contributed by atoms with Gasteiger partial charge in [-0.25, -0.2) is 4.98 Å². The molecule has 0 bridgehead atoms. The summed E-state index contributed by atoms with van der Waals surface area (Å²) in [5, 5.41) is 7.35. The zero-order valence-electron chi connectivity index (χ0n) is 24.2. The number of benzene rings is 1. The van der Waals surface area contributed by atoms with Gasteiger partial charge in [-0.3, -0.25) is 4.79 Å². The number of imidazole rings is 1. The van der Waals surface area contributed by atoms with Crippen LogP contribution >= 0.6 is 24.8 Å². The van der Waals surface area contributed by atoms with Crippen molar-refractivity contribution in [2.75, 3.05) is 23.7 Å². The summed E-state index contributed by atoms with van der Waals surface area (Å²) in [6.45, 7) is 1.57. The first-order valence-electron chi connectivity index (χ1n) is 15.5. The Kier molecular flexibility index (Phi) is 9.80. The number of hydrogen-bond acceptors (Lipinski definition) is 7. The summed E-state index contributed by atoms with van der Waals surface area (Å²) >= 11 is 0. The first-order chi connectivity index (χ1) is 19.6. The van der Waals surface area contributed by atoms with Crippen LogP contribution in [0.4, 0.5) is 11.8 Å². The van der Waals surface area contributed by atoms with Gasteiger partial charge in [0.2, 0.25) is 11.9 Å². The molecule has 1 aliphatic heterocycles. The molecule has 9 nitrogen and oxygen atoms in total. The molecule has 3 aromatic rings. The number of hydrogen-bond donors (Lipinski definition) is 3. The van der Waals surface area contributed by atoms with Crippen LogP contribution in [0.1, 0.15) is 88.2 Å². The highest BCUT2D eigenvalue weighted by Gasteiger charge is 2.46. The number of nitrogens with zero attached hydrogens (tertiary/aromatic N) is 5. The smallest absolute Gasteiger partial charge is 0.227 e. The van der Waals surface area contributed by atoms with Crippen LogP contribution in [0.3, 0.4) is 0 Å². The lowest BCUT2D eigenvalue weighted by Gasteiger charge is -2.33. The number of carbonyl (C=O) groups excluding carboxylic acids is 1. The number of rotatable bonds is 7. The van der Waals surface area contributed by atoms with Crippen LogP contribution < -0.4 is 16.4 Å². The number of nitrogens with two attached hydrogens (primary N) is 1. The quantitative estimate of drug-likeness (QED) is 0.314. The minimum absolute atomic E-state index is 0. The van der Waals surface area contributed by atoms with Crippen molar-refractivity contribution in [3.63, 3.8) is 0 Å². The lowest BCUT2D eigenvalue weighted by atomic mass is 9.92. The van der Waals surface area contributed by atoms with E-state index >= 15 is 0 Å². The Hall–Kier alpha value is -2.62. The number of halogens is 2. The first kappa shape index (κ1) is 30.8. The highest BCUT2D eigenvalue weighted by atomic mass is 35.5. The van der Waals surface area contributed by atoms with Gasteiger partial charge >= 0.3 is 0 Å². The van der Waals surface area contributed by atoms with E-state index in [4.69, 9.17) is 20.7 Å². The fourth-order valence-electron chi connectivity index (χ4n) is 7.19. The number of anilines is 2. The summed E-state index contributed by atoms with van der Waals surface area (Å²) in [6.07, 6.45) is 13.8. The second-order valence-corrected chi connectivity index (χ2v) is 12.5. The molecule has 4 fully saturated rings. The molecule has 11 heteroatoms. The van der Waals surface area contributed by atoms with Crippen LogP contribution in [0.25, 0.3) is 11.2 Å². The van der Waals surface area contributed by atoms with Gasteiger partial charge in [0.05, 0.1) is 6.33 Å². The van der Waals surface area contributed by atoms with E-state index in [-0.39, 0.29) is 36.8 Å². The summed E-state index contributed by atoms with van der Waals surface area (Å²) in [6, 6.07) is 11.9. The number of fused-ring (bicyclic) bond motifs is 1. The number of aromatic nitrogens is 4. The second-order valence-electron chi connectivity index (χ2n) is 12.5. The van der Waals surface area contributed by atoms with Crippen LogP contribution in [0, 0.1) is 5.92 Å². The molecule has 0 unspecified atom stereocenters. The monoisotopic (exact) mass is 614 g/mol. The van der Waals surface area contributed by atoms with Crippen LogP contribution in [-0.4, -0.2) is 61.5 Å². The molecule has 1 saturated heterocycles. The van der Waals surface area contributed by atoms with Crippen molar-refractivity contribution in [3.8, 4) is 0 Å². The molecule has 228 valence electrons. The normalized spacial score (nSPS) is 26.4. The fourth-order valence-corrected chi connectivity index (χ4v) is 7.19. The third-order valence-electron chi connectivity index (χ3n) is 9.73. The SMILES string of the molecule is Cl.Cl.NC1CCC(Nc2nc(NC3CCN(C(=O)[C@H]4C[C@@H]4c4ccccc4)CC3)c3ncn(C4CCCC4)c3n2)CC1. The van der Waals surface area contributed by atoms with E-state index in [1.54, 1.807) is 0 Å². The Morgan fingerprint density at radius 1 is 0.857 bits per heavy atom. The minimum Gasteiger partial charge on any atom is -0.365 e. The average molecular weight is 616 g/mol. The van der Waals surface area contributed by atoms with E-state index in [0.29, 0.717) is 35.9 Å². The third-order valence-corrected chi connectivity index (χ3v) is 9.73. The summed E-state index contributed by atoms with van der Waals surface area (Å²) in [7, 11) is 0. The maximum absolute atomic E-state index is 13.2. The molecular weight excluding hydrogens is 571 g/mol. The highest BCUT2D eigenvalue weighted by molar-refractivity contribution is 5.86. The Bertz CT molecular complexity index is 1330. The zero-order chi connectivity index (χ0) is 27.1. The van der Waals surface area contributed by atoms with Crippen molar-refractivity contribution < 1.29 is 4.79 Å². The van der Waals surface area contributed by atoms with Crippen LogP contribution in [0.2, 0.25) is 0 Å². The molecule has 1 amide bonds. The van der Waals surface area contributed by atoms with Gasteiger partial charge < -0.3 is 25.8 Å². The van der Waals surface area contributed by atoms with Crippen LogP contribution in [0.5, 0.6) is 0 Å². The Balaban J connectivity index is 0.00000176. The molecule has 0 spiro atoms. The molecular formula is C31H44Cl2N8O. The number of piperidine rings is 1. The molecule has 3 heterocycles. The number of nitrogens with one attached hydrogen (secondary N) is 2. The molecule has 4 N–H and O–H groups in total. The summed E-state index contributed by atoms with van der Waals surface area (Å²) in [5.41, 5.74) is 9.22.